The number of rotatable bonds is 3. The van der Waals surface area contributed by atoms with E-state index in [0.29, 0.717) is 12.0 Å². The van der Waals surface area contributed by atoms with E-state index in [2.05, 4.69) is 60.7 Å². The SMILES string of the molecule is NN1CCC[C@@H](Cc2ccccc2)[C@@H]1c1ccccc1. The zero-order chi connectivity index (χ0) is 13.8. The molecule has 0 unspecified atom stereocenters. The quantitative estimate of drug-likeness (QED) is 0.861. The van der Waals surface area contributed by atoms with Crippen LogP contribution in [-0.4, -0.2) is 11.6 Å². The van der Waals surface area contributed by atoms with Gasteiger partial charge in [0, 0.05) is 6.54 Å². The van der Waals surface area contributed by atoms with Crippen LogP contribution in [0.15, 0.2) is 60.7 Å². The fraction of sp³-hybridized carbons (Fsp3) is 0.333. The highest BCUT2D eigenvalue weighted by molar-refractivity contribution is 5.22. The monoisotopic (exact) mass is 266 g/mol. The van der Waals surface area contributed by atoms with E-state index < -0.39 is 0 Å². The smallest absolute Gasteiger partial charge is 0.0521 e. The zero-order valence-corrected chi connectivity index (χ0v) is 11.8. The van der Waals surface area contributed by atoms with Crippen molar-refractivity contribution in [2.24, 2.45) is 11.8 Å². The summed E-state index contributed by atoms with van der Waals surface area (Å²) in [6, 6.07) is 21.8. The van der Waals surface area contributed by atoms with Crippen molar-refractivity contribution >= 4 is 0 Å². The Balaban J connectivity index is 1.83. The average molecular weight is 266 g/mol. The normalized spacial score (nSPS) is 23.6. The maximum atomic E-state index is 6.29. The molecule has 2 N–H and O–H groups in total. The van der Waals surface area contributed by atoms with Crippen molar-refractivity contribution in [2.45, 2.75) is 25.3 Å². The van der Waals surface area contributed by atoms with Gasteiger partial charge in [0.05, 0.1) is 6.04 Å². The molecule has 2 heteroatoms. The predicted octanol–water partition coefficient (Wildman–Crippen LogP) is 3.56. The minimum absolute atomic E-state index is 0.338. The first-order valence-corrected chi connectivity index (χ1v) is 7.45. The molecular formula is C18H22N2. The first-order valence-electron chi connectivity index (χ1n) is 7.45. The second-order valence-electron chi connectivity index (χ2n) is 5.69. The molecule has 0 bridgehead atoms. The fourth-order valence-electron chi connectivity index (χ4n) is 3.35. The van der Waals surface area contributed by atoms with E-state index >= 15 is 0 Å². The summed E-state index contributed by atoms with van der Waals surface area (Å²) >= 11 is 0. The van der Waals surface area contributed by atoms with Gasteiger partial charge in [-0.3, -0.25) is 5.84 Å². The van der Waals surface area contributed by atoms with Crippen molar-refractivity contribution in [1.82, 2.24) is 5.01 Å². The molecule has 0 aromatic heterocycles. The van der Waals surface area contributed by atoms with Crippen LogP contribution >= 0.6 is 0 Å². The van der Waals surface area contributed by atoms with E-state index in [-0.39, 0.29) is 0 Å². The van der Waals surface area contributed by atoms with E-state index in [1.165, 1.54) is 24.0 Å². The summed E-state index contributed by atoms with van der Waals surface area (Å²) in [6.45, 7) is 0.991. The minimum atomic E-state index is 0.338. The van der Waals surface area contributed by atoms with Gasteiger partial charge in [0.25, 0.3) is 0 Å². The maximum Gasteiger partial charge on any atom is 0.0521 e. The predicted molar refractivity (Wildman–Crippen MR) is 82.9 cm³/mol. The van der Waals surface area contributed by atoms with Crippen LogP contribution in [0, 0.1) is 5.92 Å². The lowest BCUT2D eigenvalue weighted by Gasteiger charge is -2.39. The molecule has 0 spiro atoms. The van der Waals surface area contributed by atoms with Crippen LogP contribution in [0.2, 0.25) is 0 Å². The average Bonchev–Trinajstić information content (AvgIpc) is 2.49. The van der Waals surface area contributed by atoms with Crippen molar-refractivity contribution in [3.8, 4) is 0 Å². The second-order valence-corrected chi connectivity index (χ2v) is 5.69. The number of hydrogen-bond acceptors (Lipinski definition) is 2. The molecule has 2 aromatic rings. The molecule has 0 aliphatic carbocycles. The van der Waals surface area contributed by atoms with E-state index in [0.717, 1.165) is 13.0 Å². The molecule has 104 valence electrons. The Morgan fingerprint density at radius 1 is 0.950 bits per heavy atom. The molecule has 0 amide bonds. The van der Waals surface area contributed by atoms with Gasteiger partial charge < -0.3 is 0 Å². The summed E-state index contributed by atoms with van der Waals surface area (Å²) in [5.74, 6) is 6.88. The van der Waals surface area contributed by atoms with E-state index in [1.807, 2.05) is 5.01 Å². The first kappa shape index (κ1) is 13.3. The minimum Gasteiger partial charge on any atom is -0.268 e. The van der Waals surface area contributed by atoms with E-state index in [1.54, 1.807) is 0 Å². The van der Waals surface area contributed by atoms with Crippen LogP contribution in [0.3, 0.4) is 0 Å². The van der Waals surface area contributed by atoms with Gasteiger partial charge in [-0.2, -0.15) is 0 Å². The zero-order valence-electron chi connectivity index (χ0n) is 11.8. The van der Waals surface area contributed by atoms with Crippen molar-refractivity contribution in [3.05, 3.63) is 71.8 Å². The van der Waals surface area contributed by atoms with Crippen LogP contribution < -0.4 is 5.84 Å². The molecule has 1 saturated heterocycles. The Hall–Kier alpha value is -1.64. The highest BCUT2D eigenvalue weighted by Crippen LogP contribution is 2.36. The summed E-state index contributed by atoms with van der Waals surface area (Å²) < 4.78 is 0. The summed E-state index contributed by atoms with van der Waals surface area (Å²) in [5, 5.41) is 2.03. The number of hydrazine groups is 1. The highest BCUT2D eigenvalue weighted by atomic mass is 15.4. The third-order valence-corrected chi connectivity index (χ3v) is 4.28. The molecule has 1 heterocycles. The van der Waals surface area contributed by atoms with E-state index in [4.69, 9.17) is 5.84 Å². The van der Waals surface area contributed by atoms with Crippen molar-refractivity contribution in [2.75, 3.05) is 6.54 Å². The number of nitrogens with zero attached hydrogens (tertiary/aromatic N) is 1. The number of benzene rings is 2. The molecule has 2 atom stereocenters. The van der Waals surface area contributed by atoms with Crippen molar-refractivity contribution in [1.29, 1.82) is 0 Å². The lowest BCUT2D eigenvalue weighted by Crippen LogP contribution is -2.44. The van der Waals surface area contributed by atoms with Gasteiger partial charge in [-0.15, -0.1) is 0 Å². The van der Waals surface area contributed by atoms with E-state index in [9.17, 15) is 0 Å². The molecule has 1 fully saturated rings. The van der Waals surface area contributed by atoms with Gasteiger partial charge in [-0.05, 0) is 36.3 Å². The molecular weight excluding hydrogens is 244 g/mol. The number of piperidine rings is 1. The van der Waals surface area contributed by atoms with Gasteiger partial charge >= 0.3 is 0 Å². The summed E-state index contributed by atoms with van der Waals surface area (Å²) in [6.07, 6.45) is 3.55. The van der Waals surface area contributed by atoms with Gasteiger partial charge in [-0.25, -0.2) is 5.01 Å². The van der Waals surface area contributed by atoms with Crippen LogP contribution in [0.25, 0.3) is 0 Å². The molecule has 2 nitrogen and oxygen atoms in total. The third kappa shape index (κ3) is 2.92. The Bertz CT molecular complexity index is 524. The van der Waals surface area contributed by atoms with Crippen molar-refractivity contribution < 1.29 is 0 Å². The molecule has 0 radical (unpaired) electrons. The molecule has 1 aliphatic rings. The van der Waals surface area contributed by atoms with Crippen LogP contribution in [-0.2, 0) is 6.42 Å². The Morgan fingerprint density at radius 3 is 2.30 bits per heavy atom. The summed E-state index contributed by atoms with van der Waals surface area (Å²) in [4.78, 5) is 0. The maximum absolute atomic E-state index is 6.29. The van der Waals surface area contributed by atoms with Gasteiger partial charge in [-0.1, -0.05) is 60.7 Å². The first-order chi connectivity index (χ1) is 9.84. The Labute approximate surface area is 121 Å². The standard InChI is InChI=1S/C18H22N2/c19-20-13-7-12-17(14-15-8-3-1-4-9-15)18(20)16-10-5-2-6-11-16/h1-6,8-11,17-18H,7,12-14,19H2/t17-,18-/m0/s1. The van der Waals surface area contributed by atoms with Crippen molar-refractivity contribution in [3.63, 3.8) is 0 Å². The number of nitrogens with two attached hydrogens (primary N) is 1. The highest BCUT2D eigenvalue weighted by Gasteiger charge is 2.30. The summed E-state index contributed by atoms with van der Waals surface area (Å²) in [7, 11) is 0. The largest absolute Gasteiger partial charge is 0.268 e. The number of hydrogen-bond donors (Lipinski definition) is 1. The van der Waals surface area contributed by atoms with Crippen LogP contribution in [0.4, 0.5) is 0 Å². The molecule has 1 aliphatic heterocycles. The summed E-state index contributed by atoms with van der Waals surface area (Å²) in [5.41, 5.74) is 2.75. The Kier molecular flexibility index (Phi) is 4.14. The van der Waals surface area contributed by atoms with Gasteiger partial charge in [0.15, 0.2) is 0 Å². The lowest BCUT2D eigenvalue weighted by molar-refractivity contribution is 0.0926. The second kappa shape index (κ2) is 6.21. The molecule has 0 saturated carbocycles. The Morgan fingerprint density at radius 2 is 1.60 bits per heavy atom. The van der Waals surface area contributed by atoms with Gasteiger partial charge in [0.1, 0.15) is 0 Å². The lowest BCUT2D eigenvalue weighted by atomic mass is 9.81. The fourth-order valence-corrected chi connectivity index (χ4v) is 3.35. The third-order valence-electron chi connectivity index (χ3n) is 4.28. The van der Waals surface area contributed by atoms with Crippen LogP contribution in [0.1, 0.15) is 30.0 Å². The topological polar surface area (TPSA) is 29.3 Å². The molecule has 20 heavy (non-hydrogen) atoms. The molecule has 3 rings (SSSR count). The molecule has 2 aromatic carbocycles. The van der Waals surface area contributed by atoms with Crippen LogP contribution in [0.5, 0.6) is 0 Å². The van der Waals surface area contributed by atoms with Gasteiger partial charge in [0.2, 0.25) is 0 Å².